The standard InChI is InChI=1S/C28H30F2N6O5S/c29-17-8-4-15(5-9-17)19-12-35(33-31-19)21-2-1-3-23(25(21)38)42-28-27(40)24(26(39)22(14-37)41-28)36-13-20(32-34-36)16-6-10-18(30)11-7-16/h4-13,21-28,37-40H,1-3,14H2/t21-,22+,23+,24+,25-,26-,27+,28-/m0/s1. The Morgan fingerprint density at radius 2 is 1.36 bits per heavy atom. The van der Waals surface area contributed by atoms with E-state index in [1.165, 1.54) is 40.7 Å². The van der Waals surface area contributed by atoms with Crippen LogP contribution in [0, 0.1) is 11.6 Å². The zero-order valence-corrected chi connectivity index (χ0v) is 23.1. The summed E-state index contributed by atoms with van der Waals surface area (Å²) >= 11 is 1.23. The number of nitrogens with zero attached hydrogens (tertiary/aromatic N) is 6. The quantitative estimate of drug-likeness (QED) is 0.249. The molecule has 0 bridgehead atoms. The van der Waals surface area contributed by atoms with Gasteiger partial charge in [-0.2, -0.15) is 0 Å². The van der Waals surface area contributed by atoms with Crippen molar-refractivity contribution in [2.24, 2.45) is 0 Å². The van der Waals surface area contributed by atoms with Crippen molar-refractivity contribution >= 4 is 11.8 Å². The van der Waals surface area contributed by atoms with Crippen molar-refractivity contribution in [2.75, 3.05) is 6.61 Å². The first-order valence-electron chi connectivity index (χ1n) is 13.6. The van der Waals surface area contributed by atoms with Gasteiger partial charge in [0.2, 0.25) is 0 Å². The lowest BCUT2D eigenvalue weighted by molar-refractivity contribution is -0.178. The van der Waals surface area contributed by atoms with Crippen LogP contribution in [-0.4, -0.2) is 92.1 Å². The molecular weight excluding hydrogens is 570 g/mol. The van der Waals surface area contributed by atoms with Gasteiger partial charge in [0.25, 0.3) is 0 Å². The molecule has 1 saturated carbocycles. The van der Waals surface area contributed by atoms with Crippen LogP contribution < -0.4 is 0 Å². The maximum absolute atomic E-state index is 13.4. The maximum Gasteiger partial charge on any atom is 0.132 e. The summed E-state index contributed by atoms with van der Waals surface area (Å²) in [6.45, 7) is -0.498. The average Bonchev–Trinajstić information content (AvgIpc) is 3.67. The average molecular weight is 601 g/mol. The first-order valence-corrected chi connectivity index (χ1v) is 14.6. The molecule has 2 aromatic carbocycles. The lowest BCUT2D eigenvalue weighted by atomic mass is 9.92. The Labute approximate surface area is 243 Å². The summed E-state index contributed by atoms with van der Waals surface area (Å²) in [6, 6.07) is 10.2. The van der Waals surface area contributed by atoms with Crippen LogP contribution in [0.3, 0.4) is 0 Å². The number of rotatable bonds is 7. The van der Waals surface area contributed by atoms with Crippen LogP contribution in [0.15, 0.2) is 60.9 Å². The molecule has 2 aromatic heterocycles. The molecule has 1 saturated heterocycles. The smallest absolute Gasteiger partial charge is 0.132 e. The molecule has 2 fully saturated rings. The van der Waals surface area contributed by atoms with Crippen molar-refractivity contribution in [3.05, 3.63) is 72.6 Å². The van der Waals surface area contributed by atoms with Gasteiger partial charge in [0.15, 0.2) is 0 Å². The van der Waals surface area contributed by atoms with Gasteiger partial charge in [0, 0.05) is 16.4 Å². The highest BCUT2D eigenvalue weighted by Gasteiger charge is 2.48. The zero-order valence-electron chi connectivity index (χ0n) is 22.3. The molecule has 1 aliphatic heterocycles. The van der Waals surface area contributed by atoms with Gasteiger partial charge in [0.1, 0.15) is 52.8 Å². The van der Waals surface area contributed by atoms with Gasteiger partial charge in [-0.3, -0.25) is 0 Å². The molecule has 42 heavy (non-hydrogen) atoms. The van der Waals surface area contributed by atoms with Crippen LogP contribution in [0.25, 0.3) is 22.5 Å². The predicted octanol–water partition coefficient (Wildman–Crippen LogP) is 2.35. The Bertz CT molecular complexity index is 1490. The molecule has 1 aliphatic carbocycles. The third kappa shape index (κ3) is 5.70. The second kappa shape index (κ2) is 12.1. The third-order valence-electron chi connectivity index (χ3n) is 7.87. The first kappa shape index (κ1) is 28.8. The summed E-state index contributed by atoms with van der Waals surface area (Å²) in [7, 11) is 0. The van der Waals surface area contributed by atoms with Gasteiger partial charge in [-0.05, 0) is 61.4 Å². The largest absolute Gasteiger partial charge is 0.394 e. The Morgan fingerprint density at radius 1 is 0.786 bits per heavy atom. The number of aliphatic hydroxyl groups excluding tert-OH is 4. The van der Waals surface area contributed by atoms with Gasteiger partial charge < -0.3 is 25.2 Å². The maximum atomic E-state index is 13.4. The topological polar surface area (TPSA) is 152 Å². The number of halogens is 2. The molecule has 3 heterocycles. The normalized spacial score (nSPS) is 30.0. The van der Waals surface area contributed by atoms with E-state index in [1.54, 1.807) is 41.3 Å². The monoisotopic (exact) mass is 600 g/mol. The van der Waals surface area contributed by atoms with Crippen molar-refractivity contribution in [3.8, 4) is 22.5 Å². The number of thioether (sulfide) groups is 1. The zero-order chi connectivity index (χ0) is 29.4. The summed E-state index contributed by atoms with van der Waals surface area (Å²) in [5.74, 6) is -0.743. The van der Waals surface area contributed by atoms with E-state index in [2.05, 4.69) is 20.6 Å². The lowest BCUT2D eigenvalue weighted by Crippen LogP contribution is -2.55. The van der Waals surface area contributed by atoms with E-state index in [0.29, 0.717) is 35.4 Å². The summed E-state index contributed by atoms with van der Waals surface area (Å²) in [5.41, 5.74) is 1.38. The SMILES string of the molecule is OC[C@H]1O[C@@H](S[C@@H]2CCC[C@H](n3cc(-c4ccc(F)cc4)nn3)[C@@H]2O)[C@H](O)[C@H](n2cc(-c3ccc(F)cc3)nn2)[C@H]1O. The molecule has 222 valence electrons. The van der Waals surface area contributed by atoms with E-state index < -0.39 is 48.3 Å². The van der Waals surface area contributed by atoms with Crippen LogP contribution in [0.1, 0.15) is 31.3 Å². The summed E-state index contributed by atoms with van der Waals surface area (Å²) in [5, 5.41) is 59.9. The Hall–Kier alpha value is -3.27. The fourth-order valence-electron chi connectivity index (χ4n) is 5.59. The molecule has 0 amide bonds. The van der Waals surface area contributed by atoms with Gasteiger partial charge in [-0.1, -0.05) is 16.8 Å². The van der Waals surface area contributed by atoms with Gasteiger partial charge >= 0.3 is 0 Å². The van der Waals surface area contributed by atoms with Crippen LogP contribution in [0.4, 0.5) is 8.78 Å². The summed E-state index contributed by atoms with van der Waals surface area (Å²) in [4.78, 5) is 0. The molecule has 4 N–H and O–H groups in total. The Morgan fingerprint density at radius 3 is 1.95 bits per heavy atom. The molecule has 11 nitrogen and oxygen atoms in total. The van der Waals surface area contributed by atoms with E-state index in [-0.39, 0.29) is 17.1 Å². The van der Waals surface area contributed by atoms with E-state index in [0.717, 1.165) is 6.42 Å². The fourth-order valence-corrected chi connectivity index (χ4v) is 7.11. The van der Waals surface area contributed by atoms with Crippen LogP contribution >= 0.6 is 11.8 Å². The molecule has 0 spiro atoms. The highest BCUT2D eigenvalue weighted by Crippen LogP contribution is 2.42. The predicted molar refractivity (Wildman–Crippen MR) is 148 cm³/mol. The molecule has 4 aromatic rings. The summed E-state index contributed by atoms with van der Waals surface area (Å²) < 4.78 is 35.6. The van der Waals surface area contributed by atoms with E-state index in [1.807, 2.05) is 0 Å². The summed E-state index contributed by atoms with van der Waals surface area (Å²) in [6.07, 6.45) is 0.893. The third-order valence-corrected chi connectivity index (χ3v) is 9.39. The minimum atomic E-state index is -1.30. The van der Waals surface area contributed by atoms with Crippen molar-refractivity contribution in [1.82, 2.24) is 30.0 Å². The molecule has 6 rings (SSSR count). The number of aliphatic hydroxyl groups is 4. The van der Waals surface area contributed by atoms with E-state index in [4.69, 9.17) is 4.74 Å². The van der Waals surface area contributed by atoms with E-state index in [9.17, 15) is 29.2 Å². The lowest BCUT2D eigenvalue weighted by Gasteiger charge is -2.44. The van der Waals surface area contributed by atoms with Crippen molar-refractivity contribution < 1.29 is 33.9 Å². The number of benzene rings is 2. The van der Waals surface area contributed by atoms with Gasteiger partial charge in [-0.15, -0.1) is 22.0 Å². The van der Waals surface area contributed by atoms with Crippen molar-refractivity contribution in [3.63, 3.8) is 0 Å². The highest BCUT2D eigenvalue weighted by atomic mass is 32.2. The second-order valence-electron chi connectivity index (χ2n) is 10.5. The molecule has 8 atom stereocenters. The van der Waals surface area contributed by atoms with Crippen LogP contribution in [0.2, 0.25) is 0 Å². The Balaban J connectivity index is 1.19. The van der Waals surface area contributed by atoms with Crippen molar-refractivity contribution in [1.29, 1.82) is 0 Å². The fraction of sp³-hybridized carbons (Fsp3) is 0.429. The van der Waals surface area contributed by atoms with Crippen LogP contribution in [0.5, 0.6) is 0 Å². The minimum Gasteiger partial charge on any atom is -0.394 e. The molecule has 2 aliphatic rings. The number of hydrogen-bond donors (Lipinski definition) is 4. The molecular formula is C28H30F2N6O5S. The van der Waals surface area contributed by atoms with Gasteiger partial charge in [0.05, 0.1) is 31.1 Å². The molecule has 0 radical (unpaired) electrons. The number of ether oxygens (including phenoxy) is 1. The van der Waals surface area contributed by atoms with Crippen molar-refractivity contribution in [2.45, 2.75) is 66.4 Å². The molecule has 14 heteroatoms. The highest BCUT2D eigenvalue weighted by molar-refractivity contribution is 8.00. The minimum absolute atomic E-state index is 0.351. The number of hydrogen-bond acceptors (Lipinski definition) is 10. The van der Waals surface area contributed by atoms with E-state index >= 15 is 0 Å². The Kier molecular flexibility index (Phi) is 8.34. The second-order valence-corrected chi connectivity index (χ2v) is 11.9. The number of aromatic nitrogens is 6. The first-order chi connectivity index (χ1) is 20.3. The van der Waals surface area contributed by atoms with Gasteiger partial charge in [-0.25, -0.2) is 18.1 Å². The molecule has 0 unspecified atom stereocenters. The van der Waals surface area contributed by atoms with Crippen LogP contribution in [-0.2, 0) is 4.74 Å².